The number of carboxylic acids is 4. The number of carboxylic acid groups (broad SMARTS) is 4. The molecule has 0 saturated heterocycles. The number of aliphatic hydroxyl groups excluding tert-OH is 1. The standard InChI is InChI=1S/C12H17NO9.H3N/c14-2-1-7-3-12(7,11(21)22)13(4-8(15)16,5-9(17)18)6-10(19)20;/h7,14H,1-6H2,(H3-,15,16,17,18,19,20,21,22);1H3/p+1. The molecular weight excluding hydrogens is 316 g/mol. The number of quaternary nitrogens is 1. The molecule has 1 saturated carbocycles. The molecule has 0 aromatic rings. The molecule has 23 heavy (non-hydrogen) atoms. The zero-order valence-corrected chi connectivity index (χ0v) is 12.3. The van der Waals surface area contributed by atoms with Crippen LogP contribution in [0.25, 0.3) is 0 Å². The highest BCUT2D eigenvalue weighted by Crippen LogP contribution is 2.54. The molecule has 132 valence electrons. The van der Waals surface area contributed by atoms with Crippen LogP contribution in [0, 0.1) is 5.92 Å². The minimum absolute atomic E-state index is 0. The van der Waals surface area contributed by atoms with Crippen LogP contribution in [0.2, 0.25) is 0 Å². The van der Waals surface area contributed by atoms with E-state index in [4.69, 9.17) is 20.4 Å². The topological polar surface area (TPSA) is 204 Å². The van der Waals surface area contributed by atoms with Gasteiger partial charge in [0.2, 0.25) is 5.54 Å². The molecule has 0 bridgehead atoms. The van der Waals surface area contributed by atoms with Crippen LogP contribution in [0.1, 0.15) is 12.8 Å². The summed E-state index contributed by atoms with van der Waals surface area (Å²) in [5.74, 6) is -6.59. The van der Waals surface area contributed by atoms with E-state index < -0.39 is 59.5 Å². The Morgan fingerprint density at radius 2 is 1.30 bits per heavy atom. The van der Waals surface area contributed by atoms with E-state index in [2.05, 4.69) is 0 Å². The fourth-order valence-corrected chi connectivity index (χ4v) is 3.23. The number of hydrogen-bond acceptors (Lipinski definition) is 6. The van der Waals surface area contributed by atoms with E-state index in [1.807, 2.05) is 0 Å². The maximum atomic E-state index is 11.7. The van der Waals surface area contributed by atoms with Crippen LogP contribution >= 0.6 is 0 Å². The Morgan fingerprint density at radius 3 is 1.57 bits per heavy atom. The van der Waals surface area contributed by atoms with Crippen molar-refractivity contribution in [2.45, 2.75) is 18.4 Å². The van der Waals surface area contributed by atoms with E-state index in [9.17, 15) is 24.3 Å². The number of aliphatic carboxylic acids is 4. The van der Waals surface area contributed by atoms with Crippen molar-refractivity contribution in [2.24, 2.45) is 5.92 Å². The largest absolute Gasteiger partial charge is 0.477 e. The van der Waals surface area contributed by atoms with Crippen LogP contribution in [0.4, 0.5) is 0 Å². The van der Waals surface area contributed by atoms with Crippen molar-refractivity contribution in [3.63, 3.8) is 0 Å². The van der Waals surface area contributed by atoms with Gasteiger partial charge >= 0.3 is 23.9 Å². The molecule has 1 fully saturated rings. The van der Waals surface area contributed by atoms with Gasteiger partial charge in [-0.15, -0.1) is 0 Å². The Balaban J connectivity index is 0.00000484. The summed E-state index contributed by atoms with van der Waals surface area (Å²) in [5, 5.41) is 45.5. The molecule has 2 atom stereocenters. The van der Waals surface area contributed by atoms with Crippen molar-refractivity contribution in [3.05, 3.63) is 0 Å². The van der Waals surface area contributed by atoms with Gasteiger partial charge in [-0.25, -0.2) is 19.2 Å². The summed E-state index contributed by atoms with van der Waals surface area (Å²) in [7, 11) is 0. The first-order valence-electron chi connectivity index (χ1n) is 6.47. The van der Waals surface area contributed by atoms with Crippen LogP contribution in [0.5, 0.6) is 0 Å². The monoisotopic (exact) mass is 337 g/mol. The minimum atomic E-state index is -1.82. The Morgan fingerprint density at radius 1 is 0.913 bits per heavy atom. The van der Waals surface area contributed by atoms with E-state index in [0.717, 1.165) is 0 Å². The lowest BCUT2D eigenvalue weighted by atomic mass is 10.0. The second-order valence-electron chi connectivity index (χ2n) is 5.44. The lowest BCUT2D eigenvalue weighted by Crippen LogP contribution is -2.67. The predicted octanol–water partition coefficient (Wildman–Crippen LogP) is -1.56. The summed E-state index contributed by atoms with van der Waals surface area (Å²) < 4.78 is -1.12. The van der Waals surface area contributed by atoms with Crippen molar-refractivity contribution in [1.82, 2.24) is 6.15 Å². The van der Waals surface area contributed by atoms with Crippen LogP contribution in [0.15, 0.2) is 0 Å². The average Bonchev–Trinajstić information content (AvgIpc) is 3.02. The van der Waals surface area contributed by atoms with Crippen molar-refractivity contribution >= 4 is 23.9 Å². The molecule has 1 rings (SSSR count). The second-order valence-corrected chi connectivity index (χ2v) is 5.44. The highest BCUT2D eigenvalue weighted by Gasteiger charge is 2.74. The molecular formula is C12H21N2O9+. The van der Waals surface area contributed by atoms with Gasteiger partial charge in [0.25, 0.3) is 0 Å². The Kier molecular flexibility index (Phi) is 6.63. The van der Waals surface area contributed by atoms with Gasteiger partial charge in [0.05, 0.1) is 0 Å². The van der Waals surface area contributed by atoms with Gasteiger partial charge in [-0.05, 0) is 6.42 Å². The summed E-state index contributed by atoms with van der Waals surface area (Å²) in [6.45, 7) is -3.17. The van der Waals surface area contributed by atoms with Crippen LogP contribution in [-0.2, 0) is 19.2 Å². The number of hydrogen-bond donors (Lipinski definition) is 6. The van der Waals surface area contributed by atoms with Crippen molar-refractivity contribution < 1.29 is 49.2 Å². The molecule has 11 nitrogen and oxygen atoms in total. The molecule has 2 unspecified atom stereocenters. The Labute approximate surface area is 130 Å². The average molecular weight is 337 g/mol. The second kappa shape index (κ2) is 7.35. The molecule has 0 radical (unpaired) electrons. The molecule has 8 N–H and O–H groups in total. The lowest BCUT2D eigenvalue weighted by molar-refractivity contribution is -0.935. The quantitative estimate of drug-likeness (QED) is 0.253. The smallest absolute Gasteiger partial charge is 0.366 e. The molecule has 0 amide bonds. The molecule has 0 aromatic carbocycles. The Bertz CT molecular complexity index is 466. The number of aliphatic hydroxyl groups is 1. The maximum absolute atomic E-state index is 11.7. The first kappa shape index (κ1) is 20.8. The minimum Gasteiger partial charge on any atom is -0.477 e. The van der Waals surface area contributed by atoms with Crippen LogP contribution in [0.3, 0.4) is 0 Å². The van der Waals surface area contributed by atoms with E-state index >= 15 is 0 Å². The van der Waals surface area contributed by atoms with E-state index in [-0.39, 0.29) is 25.6 Å². The molecule has 1 aliphatic carbocycles. The first-order chi connectivity index (χ1) is 10.1. The number of carbonyl (C=O) groups is 4. The van der Waals surface area contributed by atoms with Crippen molar-refractivity contribution in [1.29, 1.82) is 0 Å². The normalized spacial score (nSPS) is 22.7. The van der Waals surface area contributed by atoms with Gasteiger partial charge in [-0.3, -0.25) is 4.48 Å². The Hall–Kier alpha value is -2.24. The van der Waals surface area contributed by atoms with Gasteiger partial charge in [0.15, 0.2) is 19.6 Å². The van der Waals surface area contributed by atoms with E-state index in [1.165, 1.54) is 0 Å². The fourth-order valence-electron chi connectivity index (χ4n) is 3.23. The summed E-state index contributed by atoms with van der Waals surface area (Å²) in [6.07, 6.45) is -0.0398. The van der Waals surface area contributed by atoms with Crippen LogP contribution in [-0.4, -0.2) is 85.7 Å². The highest BCUT2D eigenvalue weighted by atomic mass is 16.4. The molecule has 0 spiro atoms. The van der Waals surface area contributed by atoms with Gasteiger partial charge < -0.3 is 31.7 Å². The third-order valence-corrected chi connectivity index (χ3v) is 4.08. The summed E-state index contributed by atoms with van der Waals surface area (Å²) in [6, 6.07) is 0. The summed E-state index contributed by atoms with van der Waals surface area (Å²) in [5.41, 5.74) is -1.82. The molecule has 0 heterocycles. The first-order valence-corrected chi connectivity index (χ1v) is 6.47. The molecule has 0 aliphatic heterocycles. The molecule has 0 aromatic heterocycles. The zero-order chi connectivity index (χ0) is 17.1. The maximum Gasteiger partial charge on any atom is 0.366 e. The summed E-state index contributed by atoms with van der Waals surface area (Å²) >= 11 is 0. The van der Waals surface area contributed by atoms with E-state index in [1.54, 1.807) is 0 Å². The molecule has 1 aliphatic rings. The van der Waals surface area contributed by atoms with E-state index in [0.29, 0.717) is 0 Å². The van der Waals surface area contributed by atoms with Gasteiger partial charge in [0.1, 0.15) is 0 Å². The van der Waals surface area contributed by atoms with Crippen molar-refractivity contribution in [3.8, 4) is 0 Å². The SMILES string of the molecule is N.O=C(O)C[N+](CC(=O)O)(CC(=O)O)C1(C(=O)O)CC1CCO. The van der Waals surface area contributed by atoms with Crippen LogP contribution < -0.4 is 6.15 Å². The summed E-state index contributed by atoms with van der Waals surface area (Å²) in [4.78, 5) is 45.0. The number of rotatable bonds is 10. The van der Waals surface area contributed by atoms with Gasteiger partial charge in [0, 0.05) is 18.9 Å². The third kappa shape index (κ3) is 3.94. The highest BCUT2D eigenvalue weighted by molar-refractivity contribution is 5.84. The zero-order valence-electron chi connectivity index (χ0n) is 12.3. The fraction of sp³-hybridized carbons (Fsp3) is 0.667. The molecule has 11 heteroatoms. The number of nitrogens with zero attached hydrogens (tertiary/aromatic N) is 1. The van der Waals surface area contributed by atoms with Gasteiger partial charge in [-0.2, -0.15) is 0 Å². The predicted molar refractivity (Wildman–Crippen MR) is 73.0 cm³/mol. The van der Waals surface area contributed by atoms with Crippen molar-refractivity contribution in [2.75, 3.05) is 26.2 Å². The van der Waals surface area contributed by atoms with Gasteiger partial charge in [-0.1, -0.05) is 0 Å². The lowest BCUT2D eigenvalue weighted by Gasteiger charge is -2.40. The third-order valence-electron chi connectivity index (χ3n) is 4.08.